The number of rotatable bonds is 4. The van der Waals surface area contributed by atoms with Gasteiger partial charge in [0, 0.05) is 30.6 Å². The molecule has 2 heterocycles. The summed E-state index contributed by atoms with van der Waals surface area (Å²) in [6.07, 6.45) is 0. The topological polar surface area (TPSA) is 24.5 Å². The van der Waals surface area contributed by atoms with Gasteiger partial charge in [0.05, 0.1) is 17.6 Å². The molecule has 0 saturated carbocycles. The number of nitrogens with zero attached hydrogens (tertiary/aromatic N) is 1. The minimum Gasteiger partial charge on any atom is -0.378 e. The maximum absolute atomic E-state index is 5.90. The van der Waals surface area contributed by atoms with E-state index in [1.54, 1.807) is 11.3 Å². The third-order valence-electron chi connectivity index (χ3n) is 2.59. The standard InChI is InChI=1S/C11H17ClN2OS/c1-14(6-9-8-15-5-4-13-9)7-10-2-3-11(12)16-10/h2-3,9,13H,4-8H2,1H3. The van der Waals surface area contributed by atoms with Gasteiger partial charge in [-0.3, -0.25) is 4.90 Å². The van der Waals surface area contributed by atoms with Crippen LogP contribution in [0.25, 0.3) is 0 Å². The summed E-state index contributed by atoms with van der Waals surface area (Å²) >= 11 is 7.55. The van der Waals surface area contributed by atoms with Crippen molar-refractivity contribution in [2.24, 2.45) is 0 Å². The number of hydrogen-bond donors (Lipinski definition) is 1. The number of ether oxygens (including phenoxy) is 1. The molecule has 1 aliphatic heterocycles. The fourth-order valence-corrected chi connectivity index (χ4v) is 3.05. The molecule has 0 aliphatic carbocycles. The van der Waals surface area contributed by atoms with Crippen molar-refractivity contribution < 1.29 is 4.74 Å². The van der Waals surface area contributed by atoms with E-state index < -0.39 is 0 Å². The van der Waals surface area contributed by atoms with Gasteiger partial charge in [-0.15, -0.1) is 11.3 Å². The van der Waals surface area contributed by atoms with E-state index in [4.69, 9.17) is 16.3 Å². The molecule has 1 saturated heterocycles. The minimum absolute atomic E-state index is 0.453. The first-order valence-corrected chi connectivity index (χ1v) is 6.67. The summed E-state index contributed by atoms with van der Waals surface area (Å²) in [7, 11) is 2.13. The van der Waals surface area contributed by atoms with Crippen molar-refractivity contribution in [2.45, 2.75) is 12.6 Å². The maximum atomic E-state index is 5.90. The van der Waals surface area contributed by atoms with Gasteiger partial charge < -0.3 is 10.1 Å². The van der Waals surface area contributed by atoms with Crippen LogP contribution in [0.3, 0.4) is 0 Å². The Morgan fingerprint density at radius 1 is 1.62 bits per heavy atom. The predicted molar refractivity (Wildman–Crippen MR) is 68.3 cm³/mol. The molecule has 0 aromatic carbocycles. The van der Waals surface area contributed by atoms with E-state index in [2.05, 4.69) is 23.3 Å². The highest BCUT2D eigenvalue weighted by Gasteiger charge is 2.15. The number of nitrogens with one attached hydrogen (secondary N) is 1. The monoisotopic (exact) mass is 260 g/mol. The van der Waals surface area contributed by atoms with Crippen LogP contribution in [0, 0.1) is 0 Å². The average molecular weight is 261 g/mol. The molecule has 1 fully saturated rings. The zero-order valence-corrected chi connectivity index (χ0v) is 11.0. The van der Waals surface area contributed by atoms with Gasteiger partial charge in [0.15, 0.2) is 0 Å². The second-order valence-electron chi connectivity index (χ2n) is 4.13. The summed E-state index contributed by atoms with van der Waals surface area (Å²) in [6, 6.07) is 4.50. The van der Waals surface area contributed by atoms with Crippen LogP contribution in [0.1, 0.15) is 4.88 Å². The van der Waals surface area contributed by atoms with Gasteiger partial charge in [-0.2, -0.15) is 0 Å². The minimum atomic E-state index is 0.453. The number of likely N-dealkylation sites (N-methyl/N-ethyl adjacent to an activating group) is 1. The molecule has 0 amide bonds. The first-order valence-electron chi connectivity index (χ1n) is 5.48. The Morgan fingerprint density at radius 3 is 3.12 bits per heavy atom. The molecule has 1 aliphatic rings. The Hall–Kier alpha value is -0.130. The van der Waals surface area contributed by atoms with E-state index in [-0.39, 0.29) is 0 Å². The Labute approximate surface area is 105 Å². The first kappa shape index (κ1) is 12.3. The number of thiophene rings is 1. The van der Waals surface area contributed by atoms with Crippen LogP contribution in [-0.4, -0.2) is 44.3 Å². The molecule has 90 valence electrons. The van der Waals surface area contributed by atoms with Crippen LogP contribution >= 0.6 is 22.9 Å². The van der Waals surface area contributed by atoms with Gasteiger partial charge in [-0.25, -0.2) is 0 Å². The highest BCUT2D eigenvalue weighted by atomic mass is 35.5. The fourth-order valence-electron chi connectivity index (χ4n) is 1.88. The third-order valence-corrected chi connectivity index (χ3v) is 3.80. The van der Waals surface area contributed by atoms with Gasteiger partial charge in [-0.1, -0.05) is 11.6 Å². The summed E-state index contributed by atoms with van der Waals surface area (Å²) in [5.74, 6) is 0. The maximum Gasteiger partial charge on any atom is 0.0931 e. The predicted octanol–water partition coefficient (Wildman–Crippen LogP) is 1.82. The van der Waals surface area contributed by atoms with Crippen molar-refractivity contribution in [3.8, 4) is 0 Å². The second-order valence-corrected chi connectivity index (χ2v) is 5.93. The SMILES string of the molecule is CN(Cc1ccc(Cl)s1)CC1COCCN1. The van der Waals surface area contributed by atoms with E-state index in [0.29, 0.717) is 6.04 Å². The third kappa shape index (κ3) is 3.71. The van der Waals surface area contributed by atoms with Crippen LogP contribution < -0.4 is 5.32 Å². The lowest BCUT2D eigenvalue weighted by Gasteiger charge is -2.27. The largest absolute Gasteiger partial charge is 0.378 e. The molecule has 0 bridgehead atoms. The summed E-state index contributed by atoms with van der Waals surface area (Å²) in [6.45, 7) is 4.57. The van der Waals surface area contributed by atoms with Crippen molar-refractivity contribution in [1.29, 1.82) is 0 Å². The molecule has 3 nitrogen and oxygen atoms in total. The lowest BCUT2D eigenvalue weighted by Crippen LogP contribution is -2.47. The molecule has 2 rings (SSSR count). The van der Waals surface area contributed by atoms with Crippen LogP contribution in [0.4, 0.5) is 0 Å². The molecule has 1 atom stereocenters. The first-order chi connectivity index (χ1) is 7.74. The highest BCUT2D eigenvalue weighted by molar-refractivity contribution is 7.16. The molecular formula is C11H17ClN2OS. The highest BCUT2D eigenvalue weighted by Crippen LogP contribution is 2.22. The van der Waals surface area contributed by atoms with Crippen LogP contribution in [-0.2, 0) is 11.3 Å². The van der Waals surface area contributed by atoms with Crippen LogP contribution in [0.2, 0.25) is 4.34 Å². The van der Waals surface area contributed by atoms with Gasteiger partial charge in [0.1, 0.15) is 0 Å². The quantitative estimate of drug-likeness (QED) is 0.894. The number of hydrogen-bond acceptors (Lipinski definition) is 4. The van der Waals surface area contributed by atoms with E-state index in [1.165, 1.54) is 4.88 Å². The molecular weight excluding hydrogens is 244 g/mol. The van der Waals surface area contributed by atoms with Crippen LogP contribution in [0.5, 0.6) is 0 Å². The van der Waals surface area contributed by atoms with E-state index >= 15 is 0 Å². The normalized spacial score (nSPS) is 21.6. The van der Waals surface area contributed by atoms with E-state index in [9.17, 15) is 0 Å². The van der Waals surface area contributed by atoms with E-state index in [1.807, 2.05) is 6.07 Å². The Balaban J connectivity index is 1.77. The van der Waals surface area contributed by atoms with Gasteiger partial charge in [0.2, 0.25) is 0 Å². The fraction of sp³-hybridized carbons (Fsp3) is 0.636. The Morgan fingerprint density at radius 2 is 2.50 bits per heavy atom. The summed E-state index contributed by atoms with van der Waals surface area (Å²) < 4.78 is 6.29. The molecule has 1 aromatic rings. The lowest BCUT2D eigenvalue weighted by molar-refractivity contribution is 0.0646. The zero-order valence-electron chi connectivity index (χ0n) is 9.41. The lowest BCUT2D eigenvalue weighted by atomic mass is 10.2. The second kappa shape index (κ2) is 5.98. The zero-order chi connectivity index (χ0) is 11.4. The van der Waals surface area contributed by atoms with Gasteiger partial charge in [-0.05, 0) is 19.2 Å². The van der Waals surface area contributed by atoms with E-state index in [0.717, 1.165) is 37.2 Å². The smallest absolute Gasteiger partial charge is 0.0931 e. The number of halogens is 1. The van der Waals surface area contributed by atoms with Crippen molar-refractivity contribution in [3.63, 3.8) is 0 Å². The summed E-state index contributed by atoms with van der Waals surface area (Å²) in [4.78, 5) is 3.61. The molecule has 5 heteroatoms. The average Bonchev–Trinajstić information content (AvgIpc) is 2.65. The number of morpholine rings is 1. The molecule has 0 radical (unpaired) electrons. The van der Waals surface area contributed by atoms with Gasteiger partial charge in [0.25, 0.3) is 0 Å². The molecule has 1 aromatic heterocycles. The summed E-state index contributed by atoms with van der Waals surface area (Å²) in [5.41, 5.74) is 0. The molecule has 1 unspecified atom stereocenters. The molecule has 16 heavy (non-hydrogen) atoms. The van der Waals surface area contributed by atoms with Crippen LogP contribution in [0.15, 0.2) is 12.1 Å². The Bertz CT molecular complexity index is 326. The van der Waals surface area contributed by atoms with Crippen molar-refractivity contribution in [1.82, 2.24) is 10.2 Å². The van der Waals surface area contributed by atoms with Crippen molar-refractivity contribution in [3.05, 3.63) is 21.3 Å². The summed E-state index contributed by atoms with van der Waals surface area (Å²) in [5, 5.41) is 3.45. The molecule has 0 spiro atoms. The molecule has 1 N–H and O–H groups in total. The Kier molecular flexibility index (Phi) is 4.61. The van der Waals surface area contributed by atoms with Crippen molar-refractivity contribution >= 4 is 22.9 Å². The van der Waals surface area contributed by atoms with Crippen molar-refractivity contribution in [2.75, 3.05) is 33.4 Å². The van der Waals surface area contributed by atoms with Gasteiger partial charge >= 0.3 is 0 Å².